The maximum Gasteiger partial charge on any atom is 0.330 e. The Morgan fingerprint density at radius 1 is 1.03 bits per heavy atom. The summed E-state index contributed by atoms with van der Waals surface area (Å²) in [5.74, 6) is 0.148. The number of unbranched alkanes of at least 4 members (excludes halogenated alkanes) is 9. The maximum atomic E-state index is 14.7. The molecule has 0 aliphatic rings. The number of rotatable bonds is 17. The zero-order chi connectivity index (χ0) is 24.8. The summed E-state index contributed by atoms with van der Waals surface area (Å²) < 4.78 is 27.8. The van der Waals surface area contributed by atoms with Crippen LogP contribution in [0.2, 0.25) is 0 Å². The molecular weight excluding hydrogens is 449 g/mol. The van der Waals surface area contributed by atoms with Gasteiger partial charge in [-0.3, -0.25) is 0 Å². The van der Waals surface area contributed by atoms with Crippen LogP contribution in [0.4, 0.5) is 4.39 Å². The normalized spacial score (nSPS) is 11.0. The zero-order valence-electron chi connectivity index (χ0n) is 20.9. The van der Waals surface area contributed by atoms with Crippen molar-refractivity contribution in [3.8, 4) is 5.75 Å². The van der Waals surface area contributed by atoms with E-state index < -0.39 is 0 Å². The van der Waals surface area contributed by atoms with E-state index >= 15 is 0 Å². The first-order valence-electron chi connectivity index (χ1n) is 12.7. The molecule has 2 rings (SSSR count). The molecule has 0 N–H and O–H groups in total. The van der Waals surface area contributed by atoms with Crippen molar-refractivity contribution >= 4 is 29.1 Å². The van der Waals surface area contributed by atoms with Gasteiger partial charge in [0.2, 0.25) is 0 Å². The summed E-state index contributed by atoms with van der Waals surface area (Å²) in [4.78, 5) is 10.9. The topological polar surface area (TPSA) is 40.5 Å². The standard InChI is InChI=1S/C28H40FNO3S/c1-4-6-18-30-25-17-16-23(21-24(25)22(3)27(29)28(30)34)32-19-14-12-10-8-7-9-11-13-15-20-33-26(31)5-2/h5,16-17,21H,2,4,6-15,18-20H2,1,3H3. The molecule has 0 saturated carbocycles. The van der Waals surface area contributed by atoms with Gasteiger partial charge in [-0.2, -0.15) is 0 Å². The maximum absolute atomic E-state index is 14.7. The number of pyridine rings is 1. The number of ether oxygens (including phenoxy) is 2. The van der Waals surface area contributed by atoms with Gasteiger partial charge in [0, 0.05) is 23.5 Å². The molecule has 1 heterocycles. The molecule has 0 bridgehead atoms. The Balaban J connectivity index is 1.66. The predicted octanol–water partition coefficient (Wildman–Crippen LogP) is 8.24. The molecule has 1 aromatic heterocycles. The van der Waals surface area contributed by atoms with Crippen LogP contribution in [-0.2, 0) is 16.1 Å². The number of esters is 1. The fraction of sp³-hybridized carbons (Fsp3) is 0.571. The monoisotopic (exact) mass is 489 g/mol. The minimum absolute atomic E-state index is 0.293. The minimum atomic E-state index is -0.338. The highest BCUT2D eigenvalue weighted by Crippen LogP contribution is 2.27. The lowest BCUT2D eigenvalue weighted by Crippen LogP contribution is -2.07. The Kier molecular flexibility index (Phi) is 12.9. The number of fused-ring (bicyclic) bond motifs is 1. The largest absolute Gasteiger partial charge is 0.494 e. The molecule has 1 aromatic carbocycles. The molecule has 34 heavy (non-hydrogen) atoms. The Hall–Kier alpha value is -2.21. The van der Waals surface area contributed by atoms with Gasteiger partial charge >= 0.3 is 5.97 Å². The molecule has 188 valence electrons. The number of aromatic nitrogens is 1. The first kappa shape index (κ1) is 28.0. The van der Waals surface area contributed by atoms with Gasteiger partial charge in [-0.25, -0.2) is 9.18 Å². The van der Waals surface area contributed by atoms with Crippen LogP contribution in [0.3, 0.4) is 0 Å². The first-order chi connectivity index (χ1) is 16.5. The fourth-order valence-corrected chi connectivity index (χ4v) is 4.39. The van der Waals surface area contributed by atoms with Crippen LogP contribution in [0.1, 0.15) is 83.1 Å². The van der Waals surface area contributed by atoms with E-state index in [2.05, 4.69) is 13.5 Å². The van der Waals surface area contributed by atoms with E-state index in [4.69, 9.17) is 21.7 Å². The second-order valence-electron chi connectivity index (χ2n) is 8.83. The summed E-state index contributed by atoms with van der Waals surface area (Å²) in [6.45, 7) is 9.19. The molecule has 0 radical (unpaired) electrons. The highest BCUT2D eigenvalue weighted by molar-refractivity contribution is 7.71. The number of carbonyl (C=O) groups excluding carboxylic acids is 1. The second kappa shape index (κ2) is 15.6. The molecule has 0 fully saturated rings. The van der Waals surface area contributed by atoms with E-state index in [0.29, 0.717) is 23.4 Å². The van der Waals surface area contributed by atoms with Gasteiger partial charge < -0.3 is 14.0 Å². The molecule has 6 heteroatoms. The zero-order valence-corrected chi connectivity index (χ0v) is 21.7. The van der Waals surface area contributed by atoms with E-state index in [9.17, 15) is 9.18 Å². The van der Waals surface area contributed by atoms with E-state index in [-0.39, 0.29) is 11.8 Å². The smallest absolute Gasteiger partial charge is 0.330 e. The lowest BCUT2D eigenvalue weighted by Gasteiger charge is -2.15. The number of halogens is 1. The number of aryl methyl sites for hydroxylation is 2. The van der Waals surface area contributed by atoms with Crippen LogP contribution < -0.4 is 4.74 Å². The van der Waals surface area contributed by atoms with E-state index in [1.165, 1.54) is 38.2 Å². The van der Waals surface area contributed by atoms with Crippen molar-refractivity contribution in [3.63, 3.8) is 0 Å². The van der Waals surface area contributed by atoms with Crippen LogP contribution in [0, 0.1) is 17.4 Å². The van der Waals surface area contributed by atoms with Crippen LogP contribution in [0.15, 0.2) is 30.9 Å². The van der Waals surface area contributed by atoms with Gasteiger partial charge in [0.25, 0.3) is 0 Å². The van der Waals surface area contributed by atoms with E-state index in [1.807, 2.05) is 22.8 Å². The third-order valence-corrected chi connectivity index (χ3v) is 6.53. The van der Waals surface area contributed by atoms with Gasteiger partial charge in [-0.05, 0) is 49.9 Å². The van der Waals surface area contributed by atoms with Crippen LogP contribution in [0.5, 0.6) is 5.75 Å². The van der Waals surface area contributed by atoms with Gasteiger partial charge in [-0.1, -0.05) is 77.1 Å². The number of hydrogen-bond donors (Lipinski definition) is 0. The number of carbonyl (C=O) groups is 1. The highest BCUT2D eigenvalue weighted by Gasteiger charge is 2.12. The lowest BCUT2D eigenvalue weighted by molar-refractivity contribution is -0.137. The summed E-state index contributed by atoms with van der Waals surface area (Å²) in [5.41, 5.74) is 1.57. The van der Waals surface area contributed by atoms with Crippen molar-refractivity contribution in [2.45, 2.75) is 91.0 Å². The third-order valence-electron chi connectivity index (χ3n) is 6.13. The minimum Gasteiger partial charge on any atom is -0.494 e. The summed E-state index contributed by atoms with van der Waals surface area (Å²) >= 11 is 5.37. The van der Waals surface area contributed by atoms with Crippen molar-refractivity contribution < 1.29 is 18.7 Å². The number of hydrogen-bond acceptors (Lipinski definition) is 4. The van der Waals surface area contributed by atoms with Crippen molar-refractivity contribution in [3.05, 3.63) is 46.9 Å². The quantitative estimate of drug-likeness (QED) is 0.0971. The molecule has 2 aromatic rings. The SMILES string of the molecule is C=CC(=O)OCCCCCCCCCCCOc1ccc2c(c1)c(C)c(F)c(=S)n2CCCC. The molecule has 0 saturated heterocycles. The Morgan fingerprint density at radius 2 is 1.65 bits per heavy atom. The molecule has 0 atom stereocenters. The van der Waals surface area contributed by atoms with Crippen molar-refractivity contribution in [2.75, 3.05) is 13.2 Å². The van der Waals surface area contributed by atoms with Crippen molar-refractivity contribution in [1.29, 1.82) is 0 Å². The molecule has 4 nitrogen and oxygen atoms in total. The fourth-order valence-electron chi connectivity index (χ4n) is 4.05. The number of benzene rings is 1. The molecule has 0 unspecified atom stereocenters. The van der Waals surface area contributed by atoms with Crippen LogP contribution in [0.25, 0.3) is 10.9 Å². The van der Waals surface area contributed by atoms with Gasteiger partial charge in [0.05, 0.1) is 13.2 Å². The molecule has 0 aliphatic carbocycles. The molecule has 0 aliphatic heterocycles. The molecule has 0 amide bonds. The summed E-state index contributed by atoms with van der Waals surface area (Å²) in [6.07, 6.45) is 13.5. The average molecular weight is 490 g/mol. The average Bonchev–Trinajstić information content (AvgIpc) is 2.85. The summed E-state index contributed by atoms with van der Waals surface area (Å²) in [7, 11) is 0. The Labute approximate surface area is 209 Å². The Bertz CT molecular complexity index is 986. The molecule has 0 spiro atoms. The third kappa shape index (κ3) is 8.86. The van der Waals surface area contributed by atoms with Crippen LogP contribution >= 0.6 is 12.2 Å². The first-order valence-corrected chi connectivity index (χ1v) is 13.1. The van der Waals surface area contributed by atoms with E-state index in [1.54, 1.807) is 6.92 Å². The van der Waals surface area contributed by atoms with Gasteiger partial charge in [0.1, 0.15) is 10.4 Å². The predicted molar refractivity (Wildman–Crippen MR) is 141 cm³/mol. The van der Waals surface area contributed by atoms with Gasteiger partial charge in [-0.15, -0.1) is 0 Å². The lowest BCUT2D eigenvalue weighted by atomic mass is 10.1. The molecular formula is C28H40FNO3S. The number of nitrogens with zero attached hydrogens (tertiary/aromatic N) is 1. The van der Waals surface area contributed by atoms with Gasteiger partial charge in [0.15, 0.2) is 5.82 Å². The van der Waals surface area contributed by atoms with Crippen molar-refractivity contribution in [2.24, 2.45) is 0 Å². The Morgan fingerprint density at radius 3 is 2.26 bits per heavy atom. The van der Waals surface area contributed by atoms with Crippen molar-refractivity contribution in [1.82, 2.24) is 4.57 Å². The summed E-state index contributed by atoms with van der Waals surface area (Å²) in [5, 5.41) is 0.874. The summed E-state index contributed by atoms with van der Waals surface area (Å²) in [6, 6.07) is 5.92. The highest BCUT2D eigenvalue weighted by atomic mass is 32.1. The van der Waals surface area contributed by atoms with Crippen LogP contribution in [-0.4, -0.2) is 23.8 Å². The van der Waals surface area contributed by atoms with E-state index in [0.717, 1.165) is 61.7 Å². The second-order valence-corrected chi connectivity index (χ2v) is 9.22.